The largest absolute Gasteiger partial charge is 0.366 e. The fourth-order valence-electron chi connectivity index (χ4n) is 2.10. The molecular weight excluding hydrogens is 216 g/mol. The van der Waals surface area contributed by atoms with Gasteiger partial charge in [-0.15, -0.1) is 0 Å². The lowest BCUT2D eigenvalue weighted by Gasteiger charge is -2.29. The Balaban J connectivity index is 2.50. The molecule has 100 valence electrons. The van der Waals surface area contributed by atoms with Crippen LogP contribution in [0, 0.1) is 0 Å². The highest BCUT2D eigenvalue weighted by atomic mass is 16.5. The Morgan fingerprint density at radius 1 is 1.35 bits per heavy atom. The lowest BCUT2D eigenvalue weighted by atomic mass is 10.2. The van der Waals surface area contributed by atoms with Crippen molar-refractivity contribution in [1.29, 1.82) is 0 Å². The van der Waals surface area contributed by atoms with Crippen LogP contribution in [0.25, 0.3) is 0 Å². The minimum absolute atomic E-state index is 0.114. The molecule has 1 amide bonds. The number of amides is 1. The Bertz CT molecular complexity index is 261. The van der Waals surface area contributed by atoms with Gasteiger partial charge in [0.1, 0.15) is 6.61 Å². The van der Waals surface area contributed by atoms with E-state index in [1.54, 1.807) is 0 Å². The molecule has 0 radical (unpaired) electrons. The second-order valence-corrected chi connectivity index (χ2v) is 5.95. The molecule has 1 aliphatic heterocycles. The van der Waals surface area contributed by atoms with Crippen molar-refractivity contribution in [2.45, 2.75) is 45.8 Å². The van der Waals surface area contributed by atoms with Gasteiger partial charge in [-0.05, 0) is 47.7 Å². The molecule has 0 N–H and O–H groups in total. The van der Waals surface area contributed by atoms with Crippen LogP contribution < -0.4 is 0 Å². The Kier molecular flexibility index (Phi) is 4.95. The van der Waals surface area contributed by atoms with Gasteiger partial charge in [-0.1, -0.05) is 0 Å². The van der Waals surface area contributed by atoms with Gasteiger partial charge >= 0.3 is 0 Å². The van der Waals surface area contributed by atoms with Crippen LogP contribution in [-0.2, 0) is 9.53 Å². The van der Waals surface area contributed by atoms with Crippen molar-refractivity contribution >= 4 is 5.91 Å². The fourth-order valence-corrected chi connectivity index (χ4v) is 2.10. The molecule has 0 aliphatic carbocycles. The van der Waals surface area contributed by atoms with Crippen molar-refractivity contribution < 1.29 is 9.53 Å². The molecule has 0 aromatic heterocycles. The summed E-state index contributed by atoms with van der Waals surface area (Å²) in [5, 5.41) is 0. The average molecular weight is 242 g/mol. The maximum absolute atomic E-state index is 12.1. The first-order chi connectivity index (χ1) is 7.79. The van der Waals surface area contributed by atoms with Crippen molar-refractivity contribution in [1.82, 2.24) is 9.80 Å². The molecule has 1 atom stereocenters. The Morgan fingerprint density at radius 2 is 2.00 bits per heavy atom. The Hall–Kier alpha value is -0.610. The van der Waals surface area contributed by atoms with Crippen LogP contribution in [0.2, 0.25) is 0 Å². The summed E-state index contributed by atoms with van der Waals surface area (Å²) in [7, 11) is 2.11. The minimum atomic E-state index is -0.248. The number of ether oxygens (including phenoxy) is 1. The molecule has 0 spiro atoms. The van der Waals surface area contributed by atoms with Gasteiger partial charge in [-0.3, -0.25) is 4.79 Å². The summed E-state index contributed by atoms with van der Waals surface area (Å²) in [4.78, 5) is 16.3. The number of hydrogen-bond donors (Lipinski definition) is 0. The van der Waals surface area contributed by atoms with Crippen LogP contribution in [0.5, 0.6) is 0 Å². The zero-order valence-corrected chi connectivity index (χ0v) is 11.8. The van der Waals surface area contributed by atoms with Crippen LogP contribution in [-0.4, -0.2) is 60.6 Å². The third kappa shape index (κ3) is 5.04. The monoisotopic (exact) mass is 242 g/mol. The summed E-state index contributed by atoms with van der Waals surface area (Å²) in [5.41, 5.74) is -0.248. The van der Waals surface area contributed by atoms with Gasteiger partial charge in [0.2, 0.25) is 5.91 Å². The molecule has 1 fully saturated rings. The topological polar surface area (TPSA) is 32.8 Å². The third-order valence-corrected chi connectivity index (χ3v) is 3.00. The van der Waals surface area contributed by atoms with Crippen molar-refractivity contribution in [3.05, 3.63) is 0 Å². The van der Waals surface area contributed by atoms with Crippen LogP contribution in [0.4, 0.5) is 0 Å². The summed E-state index contributed by atoms with van der Waals surface area (Å²) in [5.74, 6) is 0.114. The average Bonchev–Trinajstić information content (AvgIpc) is 2.34. The van der Waals surface area contributed by atoms with E-state index < -0.39 is 0 Å². The van der Waals surface area contributed by atoms with E-state index in [1.165, 1.54) is 0 Å². The normalized spacial score (nSPS) is 23.6. The molecule has 0 saturated carbocycles. The van der Waals surface area contributed by atoms with Crippen LogP contribution in [0.3, 0.4) is 0 Å². The predicted molar refractivity (Wildman–Crippen MR) is 69.0 cm³/mol. The molecule has 1 heterocycles. The summed E-state index contributed by atoms with van der Waals surface area (Å²) < 4.78 is 5.56. The maximum atomic E-state index is 12.1. The molecule has 1 unspecified atom stereocenters. The highest BCUT2D eigenvalue weighted by Crippen LogP contribution is 2.11. The Morgan fingerprint density at radius 3 is 2.59 bits per heavy atom. The number of carbonyl (C=O) groups is 1. The Labute approximate surface area is 105 Å². The van der Waals surface area contributed by atoms with Crippen molar-refractivity contribution in [2.24, 2.45) is 0 Å². The van der Waals surface area contributed by atoms with Gasteiger partial charge < -0.3 is 14.5 Å². The highest BCUT2D eigenvalue weighted by molar-refractivity contribution is 5.77. The van der Waals surface area contributed by atoms with Crippen LogP contribution in [0.15, 0.2) is 0 Å². The van der Waals surface area contributed by atoms with E-state index in [0.29, 0.717) is 0 Å². The first-order valence-corrected chi connectivity index (χ1v) is 6.41. The van der Waals surface area contributed by atoms with Crippen molar-refractivity contribution in [2.75, 3.05) is 33.3 Å². The summed E-state index contributed by atoms with van der Waals surface area (Å²) in [6, 6.07) is 0.276. The number of likely N-dealkylation sites (N-methyl/N-ethyl adjacent to an activating group) is 1. The number of rotatable bonds is 2. The summed E-state index contributed by atoms with van der Waals surface area (Å²) in [6.07, 6.45) is 1.04. The maximum Gasteiger partial charge on any atom is 0.248 e. The van der Waals surface area contributed by atoms with Gasteiger partial charge in [-0.25, -0.2) is 0 Å². The molecule has 0 aromatic rings. The van der Waals surface area contributed by atoms with Crippen LogP contribution >= 0.6 is 0 Å². The van der Waals surface area contributed by atoms with Gasteiger partial charge in [-0.2, -0.15) is 0 Å². The standard InChI is InChI=1S/C13H26N2O2/c1-11-9-14(5)7-6-8-15(11)12(16)10-17-13(2,3)4/h11H,6-10H2,1-5H3. The zero-order chi connectivity index (χ0) is 13.1. The number of hydrogen-bond acceptors (Lipinski definition) is 3. The van der Waals surface area contributed by atoms with E-state index in [2.05, 4.69) is 18.9 Å². The zero-order valence-electron chi connectivity index (χ0n) is 11.8. The first-order valence-electron chi connectivity index (χ1n) is 6.41. The minimum Gasteiger partial charge on any atom is -0.366 e. The second kappa shape index (κ2) is 5.83. The van der Waals surface area contributed by atoms with E-state index in [-0.39, 0.29) is 24.2 Å². The lowest BCUT2D eigenvalue weighted by Crippen LogP contribution is -2.44. The predicted octanol–water partition coefficient (Wildman–Crippen LogP) is 1.35. The molecule has 1 saturated heterocycles. The second-order valence-electron chi connectivity index (χ2n) is 5.95. The van der Waals surface area contributed by atoms with Crippen molar-refractivity contribution in [3.8, 4) is 0 Å². The molecule has 4 nitrogen and oxygen atoms in total. The van der Waals surface area contributed by atoms with E-state index in [0.717, 1.165) is 26.1 Å². The fraction of sp³-hybridized carbons (Fsp3) is 0.923. The summed E-state index contributed by atoms with van der Waals surface area (Å²) in [6.45, 7) is 11.1. The molecule has 0 bridgehead atoms. The first kappa shape index (κ1) is 14.5. The van der Waals surface area contributed by atoms with Gasteiger partial charge in [0, 0.05) is 19.1 Å². The molecule has 0 aromatic carbocycles. The highest BCUT2D eigenvalue weighted by Gasteiger charge is 2.25. The molecular formula is C13H26N2O2. The van der Waals surface area contributed by atoms with Crippen molar-refractivity contribution in [3.63, 3.8) is 0 Å². The van der Waals surface area contributed by atoms with E-state index in [4.69, 9.17) is 4.74 Å². The SMILES string of the molecule is CC1CN(C)CCCN1C(=O)COC(C)(C)C. The summed E-state index contributed by atoms with van der Waals surface area (Å²) >= 11 is 0. The molecule has 1 aliphatic rings. The van der Waals surface area contributed by atoms with Gasteiger partial charge in [0.05, 0.1) is 5.60 Å². The lowest BCUT2D eigenvalue weighted by molar-refractivity contribution is -0.142. The quantitative estimate of drug-likeness (QED) is 0.733. The number of nitrogens with zero attached hydrogens (tertiary/aromatic N) is 2. The molecule has 4 heteroatoms. The van der Waals surface area contributed by atoms with Gasteiger partial charge in [0.15, 0.2) is 0 Å². The van der Waals surface area contributed by atoms with Crippen LogP contribution in [0.1, 0.15) is 34.1 Å². The van der Waals surface area contributed by atoms with E-state index in [9.17, 15) is 4.79 Å². The third-order valence-electron chi connectivity index (χ3n) is 3.00. The van der Waals surface area contributed by atoms with E-state index >= 15 is 0 Å². The number of carbonyl (C=O) groups excluding carboxylic acids is 1. The molecule has 17 heavy (non-hydrogen) atoms. The van der Waals surface area contributed by atoms with Gasteiger partial charge in [0.25, 0.3) is 0 Å². The van der Waals surface area contributed by atoms with E-state index in [1.807, 2.05) is 25.7 Å². The smallest absolute Gasteiger partial charge is 0.248 e. The molecule has 1 rings (SSSR count).